The van der Waals surface area contributed by atoms with E-state index in [-0.39, 0.29) is 0 Å². The first-order valence-corrected chi connectivity index (χ1v) is 9.90. The number of nitrogens with zero attached hydrogens (tertiary/aromatic N) is 4. The summed E-state index contributed by atoms with van der Waals surface area (Å²) >= 11 is 0. The maximum atomic E-state index is 5.98. The smallest absolute Gasteiger partial charge is 0.222 e. The van der Waals surface area contributed by atoms with Crippen molar-refractivity contribution in [3.8, 4) is 5.75 Å². The van der Waals surface area contributed by atoms with Crippen LogP contribution in [0.15, 0.2) is 30.3 Å². The molecule has 2 N–H and O–H groups in total. The summed E-state index contributed by atoms with van der Waals surface area (Å²) in [7, 11) is 1.74. The molecule has 0 amide bonds. The Morgan fingerprint density at radius 3 is 2.67 bits per heavy atom. The molecule has 0 radical (unpaired) electrons. The van der Waals surface area contributed by atoms with Gasteiger partial charge >= 0.3 is 0 Å². The number of benzene rings is 1. The molecule has 3 atom stereocenters. The van der Waals surface area contributed by atoms with Crippen molar-refractivity contribution in [2.45, 2.75) is 37.8 Å². The fourth-order valence-electron chi connectivity index (χ4n) is 5.57. The Morgan fingerprint density at radius 1 is 1.11 bits per heavy atom. The summed E-state index contributed by atoms with van der Waals surface area (Å²) in [6.45, 7) is 5.38. The van der Waals surface area contributed by atoms with Gasteiger partial charge in [-0.3, -0.25) is 4.90 Å². The lowest BCUT2D eigenvalue weighted by molar-refractivity contribution is 0.0354. The van der Waals surface area contributed by atoms with Gasteiger partial charge in [0.15, 0.2) is 0 Å². The van der Waals surface area contributed by atoms with E-state index in [2.05, 4.69) is 44.0 Å². The molecule has 0 unspecified atom stereocenters. The van der Waals surface area contributed by atoms with Gasteiger partial charge in [-0.05, 0) is 56.5 Å². The van der Waals surface area contributed by atoms with Crippen LogP contribution in [0, 0.1) is 12.8 Å². The first kappa shape index (κ1) is 16.8. The third-order valence-corrected chi connectivity index (χ3v) is 6.67. The number of nitrogen functional groups attached to an aromatic ring is 1. The zero-order valence-electron chi connectivity index (χ0n) is 16.0. The van der Waals surface area contributed by atoms with Crippen LogP contribution in [0.2, 0.25) is 0 Å². The Balaban J connectivity index is 1.57. The highest BCUT2D eigenvalue weighted by atomic mass is 16.5. The van der Waals surface area contributed by atoms with Crippen LogP contribution < -0.4 is 15.4 Å². The second-order valence-corrected chi connectivity index (χ2v) is 8.12. The lowest BCUT2D eigenvalue weighted by Gasteiger charge is -2.51. The van der Waals surface area contributed by atoms with E-state index in [9.17, 15) is 0 Å². The van der Waals surface area contributed by atoms with Gasteiger partial charge in [-0.15, -0.1) is 0 Å². The number of aromatic nitrogens is 2. The van der Waals surface area contributed by atoms with E-state index >= 15 is 0 Å². The zero-order valence-corrected chi connectivity index (χ0v) is 16.0. The van der Waals surface area contributed by atoms with Crippen LogP contribution in [0.5, 0.6) is 5.75 Å². The number of nitrogens with two attached hydrogens (primary N) is 1. The van der Waals surface area contributed by atoms with Crippen LogP contribution in [0.4, 0.5) is 11.8 Å². The van der Waals surface area contributed by atoms with Gasteiger partial charge in [0.2, 0.25) is 5.95 Å². The third kappa shape index (κ3) is 2.74. The van der Waals surface area contributed by atoms with Crippen LogP contribution in [-0.4, -0.2) is 53.7 Å². The third-order valence-electron chi connectivity index (χ3n) is 6.67. The zero-order chi connectivity index (χ0) is 18.5. The molecular weight excluding hydrogens is 338 g/mol. The summed E-state index contributed by atoms with van der Waals surface area (Å²) in [5, 5.41) is 0. The lowest BCUT2D eigenvalue weighted by atomic mass is 9.75. The van der Waals surface area contributed by atoms with Crippen LogP contribution in [0.25, 0.3) is 0 Å². The van der Waals surface area contributed by atoms with E-state index < -0.39 is 0 Å². The van der Waals surface area contributed by atoms with Crippen molar-refractivity contribution in [3.63, 3.8) is 0 Å². The van der Waals surface area contributed by atoms with Crippen molar-refractivity contribution in [3.05, 3.63) is 41.6 Å². The second kappa shape index (κ2) is 6.37. The Morgan fingerprint density at radius 2 is 1.93 bits per heavy atom. The van der Waals surface area contributed by atoms with Gasteiger partial charge in [0.1, 0.15) is 11.6 Å². The summed E-state index contributed by atoms with van der Waals surface area (Å²) < 4.78 is 5.49. The standard InChI is InChI=1S/C21H27N5O/c1-13-10-18(24-21(22)23-13)26-12-17(15-4-3-5-16(11-15)27-2)20-19(26)14-6-8-25(20)9-7-14/h3-5,10-11,14,17,19-20H,6-9,12H2,1-2H3,(H2,22,23,24)/t17-,19+,20+/m1/s1. The molecule has 2 bridgehead atoms. The van der Waals surface area contributed by atoms with Crippen molar-refractivity contribution in [1.82, 2.24) is 14.9 Å². The number of ether oxygens (including phenoxy) is 1. The topological polar surface area (TPSA) is 67.5 Å². The Hall–Kier alpha value is -2.34. The van der Waals surface area contributed by atoms with Crippen LogP contribution in [0.1, 0.15) is 30.0 Å². The van der Waals surface area contributed by atoms with Crippen LogP contribution in [0.3, 0.4) is 0 Å². The van der Waals surface area contributed by atoms with E-state index in [1.165, 1.54) is 31.5 Å². The van der Waals surface area contributed by atoms with Crippen molar-refractivity contribution >= 4 is 11.8 Å². The largest absolute Gasteiger partial charge is 0.497 e. The lowest BCUT2D eigenvalue weighted by Crippen LogP contribution is -2.60. The quantitative estimate of drug-likeness (QED) is 0.901. The molecule has 6 heteroatoms. The number of fused-ring (bicyclic) bond motifs is 2. The molecule has 4 aliphatic rings. The fourth-order valence-corrected chi connectivity index (χ4v) is 5.57. The molecule has 5 heterocycles. The highest BCUT2D eigenvalue weighted by molar-refractivity contribution is 5.50. The molecule has 4 aliphatic heterocycles. The molecule has 6 nitrogen and oxygen atoms in total. The number of anilines is 2. The average Bonchev–Trinajstić information content (AvgIpc) is 3.11. The fraction of sp³-hybridized carbons (Fsp3) is 0.524. The Labute approximate surface area is 160 Å². The van der Waals surface area contributed by atoms with E-state index in [0.717, 1.165) is 29.7 Å². The minimum atomic E-state index is 0.368. The number of piperidine rings is 3. The highest BCUT2D eigenvalue weighted by Crippen LogP contribution is 2.48. The Bertz CT molecular complexity index is 828. The summed E-state index contributed by atoms with van der Waals surface area (Å²) in [5.41, 5.74) is 8.27. The summed E-state index contributed by atoms with van der Waals surface area (Å²) in [6, 6.07) is 11.7. The molecule has 0 spiro atoms. The molecule has 2 aromatic rings. The van der Waals surface area contributed by atoms with E-state index in [4.69, 9.17) is 10.5 Å². The van der Waals surface area contributed by atoms with E-state index in [1.807, 2.05) is 13.0 Å². The molecule has 1 aromatic heterocycles. The second-order valence-electron chi connectivity index (χ2n) is 8.12. The van der Waals surface area contributed by atoms with Crippen molar-refractivity contribution in [2.75, 3.05) is 37.4 Å². The highest BCUT2D eigenvalue weighted by Gasteiger charge is 2.53. The first-order valence-electron chi connectivity index (χ1n) is 9.90. The predicted octanol–water partition coefficient (Wildman–Crippen LogP) is 2.44. The van der Waals surface area contributed by atoms with Crippen molar-refractivity contribution in [2.24, 2.45) is 5.92 Å². The monoisotopic (exact) mass is 365 g/mol. The molecule has 1 aromatic carbocycles. The van der Waals surface area contributed by atoms with Gasteiger partial charge < -0.3 is 15.4 Å². The molecule has 4 fully saturated rings. The van der Waals surface area contributed by atoms with Crippen LogP contribution >= 0.6 is 0 Å². The van der Waals surface area contributed by atoms with Gasteiger partial charge in [0.05, 0.1) is 7.11 Å². The van der Waals surface area contributed by atoms with Crippen LogP contribution in [-0.2, 0) is 0 Å². The minimum absolute atomic E-state index is 0.368. The number of aryl methyl sites for hydroxylation is 1. The average molecular weight is 365 g/mol. The van der Waals surface area contributed by atoms with Crippen molar-refractivity contribution in [1.29, 1.82) is 0 Å². The first-order chi connectivity index (χ1) is 13.1. The number of methoxy groups -OCH3 is 1. The molecule has 0 saturated carbocycles. The SMILES string of the molecule is COc1cccc([C@H]2CN(c3cc(C)nc(N)n3)[C@H]3C4CCN(CC4)[C@@H]23)c1. The summed E-state index contributed by atoms with van der Waals surface area (Å²) in [4.78, 5) is 14.1. The van der Waals surface area contributed by atoms with Gasteiger partial charge in [-0.1, -0.05) is 12.1 Å². The molecule has 0 aliphatic carbocycles. The maximum absolute atomic E-state index is 5.98. The number of hydrogen-bond acceptors (Lipinski definition) is 6. The summed E-state index contributed by atoms with van der Waals surface area (Å²) in [6.07, 6.45) is 2.56. The normalized spacial score (nSPS) is 31.8. The summed E-state index contributed by atoms with van der Waals surface area (Å²) in [5.74, 6) is 3.46. The van der Waals surface area contributed by atoms with Gasteiger partial charge in [-0.2, -0.15) is 4.98 Å². The predicted molar refractivity (Wildman–Crippen MR) is 106 cm³/mol. The van der Waals surface area contributed by atoms with Crippen molar-refractivity contribution < 1.29 is 4.74 Å². The minimum Gasteiger partial charge on any atom is -0.497 e. The van der Waals surface area contributed by atoms with E-state index in [0.29, 0.717) is 23.9 Å². The van der Waals surface area contributed by atoms with E-state index in [1.54, 1.807) is 7.11 Å². The molecule has 4 saturated heterocycles. The number of rotatable bonds is 3. The molecular formula is C21H27N5O. The van der Waals surface area contributed by atoms with Gasteiger partial charge in [0.25, 0.3) is 0 Å². The van der Waals surface area contributed by atoms with Gasteiger partial charge in [-0.25, -0.2) is 4.98 Å². The molecule has 6 rings (SSSR count). The van der Waals surface area contributed by atoms with Gasteiger partial charge in [0, 0.05) is 36.3 Å². The molecule has 142 valence electrons. The maximum Gasteiger partial charge on any atom is 0.222 e. The molecule has 27 heavy (non-hydrogen) atoms. The number of hydrogen-bond donors (Lipinski definition) is 1. The Kier molecular flexibility index (Phi) is 3.97.